The van der Waals surface area contributed by atoms with E-state index in [9.17, 15) is 5.11 Å². The molecule has 0 radical (unpaired) electrons. The Bertz CT molecular complexity index is 606. The Hall–Kier alpha value is -1.96. The van der Waals surface area contributed by atoms with Crippen LogP contribution in [0.15, 0.2) is 30.3 Å². The maximum atomic E-state index is 9.90. The third kappa shape index (κ3) is 2.96. The fourth-order valence-corrected chi connectivity index (χ4v) is 2.69. The van der Waals surface area contributed by atoms with Gasteiger partial charge in [0.25, 0.3) is 0 Å². The van der Waals surface area contributed by atoms with E-state index in [4.69, 9.17) is 5.73 Å². The van der Waals surface area contributed by atoms with Crippen LogP contribution in [-0.2, 0) is 6.42 Å². The van der Waals surface area contributed by atoms with Gasteiger partial charge >= 0.3 is 0 Å². The second kappa shape index (κ2) is 5.58. The molecule has 2 heteroatoms. The number of phenolic OH excluding ortho intramolecular Hbond substituents is 1. The van der Waals surface area contributed by atoms with Crippen molar-refractivity contribution in [1.29, 1.82) is 0 Å². The SMILES string of the molecule is Cc1cc(N)cc(C)c1Cc1ccc(O)c(C(C)C)c1. The van der Waals surface area contributed by atoms with Crippen molar-refractivity contribution in [3.8, 4) is 5.75 Å². The van der Waals surface area contributed by atoms with Crippen molar-refractivity contribution in [2.45, 2.75) is 40.0 Å². The first kappa shape index (κ1) is 14.4. The van der Waals surface area contributed by atoms with Gasteiger partial charge < -0.3 is 10.8 Å². The minimum absolute atomic E-state index is 0.323. The highest BCUT2D eigenvalue weighted by Gasteiger charge is 2.10. The molecule has 0 aliphatic carbocycles. The Kier molecular flexibility index (Phi) is 4.03. The summed E-state index contributed by atoms with van der Waals surface area (Å²) in [6, 6.07) is 9.94. The smallest absolute Gasteiger partial charge is 0.119 e. The molecule has 0 fully saturated rings. The Morgan fingerprint density at radius 1 is 1.05 bits per heavy atom. The maximum absolute atomic E-state index is 9.90. The van der Waals surface area contributed by atoms with Gasteiger partial charge in [-0.1, -0.05) is 26.0 Å². The van der Waals surface area contributed by atoms with E-state index in [0.717, 1.165) is 17.7 Å². The number of aromatic hydroxyl groups is 1. The molecule has 2 nitrogen and oxygen atoms in total. The lowest BCUT2D eigenvalue weighted by Crippen LogP contribution is -1.99. The summed E-state index contributed by atoms with van der Waals surface area (Å²) in [6.45, 7) is 8.39. The van der Waals surface area contributed by atoms with Gasteiger partial charge in [0.1, 0.15) is 5.75 Å². The van der Waals surface area contributed by atoms with Gasteiger partial charge in [0.05, 0.1) is 0 Å². The summed E-state index contributed by atoms with van der Waals surface area (Å²) in [4.78, 5) is 0. The second-order valence-corrected chi connectivity index (χ2v) is 5.86. The molecule has 0 aromatic heterocycles. The summed E-state index contributed by atoms with van der Waals surface area (Å²) in [5.74, 6) is 0.707. The molecule has 0 heterocycles. The fourth-order valence-electron chi connectivity index (χ4n) is 2.69. The molecule has 0 bridgehead atoms. The zero-order chi connectivity index (χ0) is 14.9. The van der Waals surface area contributed by atoms with Crippen LogP contribution in [0, 0.1) is 13.8 Å². The molecule has 0 saturated carbocycles. The van der Waals surface area contributed by atoms with Crippen LogP contribution < -0.4 is 5.73 Å². The fraction of sp³-hybridized carbons (Fsp3) is 0.333. The number of hydrogen-bond acceptors (Lipinski definition) is 2. The highest BCUT2D eigenvalue weighted by molar-refractivity contribution is 5.50. The largest absolute Gasteiger partial charge is 0.508 e. The number of hydrogen-bond donors (Lipinski definition) is 2. The molecule has 0 aliphatic rings. The Morgan fingerprint density at radius 3 is 2.20 bits per heavy atom. The third-order valence-corrected chi connectivity index (χ3v) is 3.81. The van der Waals surface area contributed by atoms with E-state index >= 15 is 0 Å². The zero-order valence-corrected chi connectivity index (χ0v) is 12.7. The van der Waals surface area contributed by atoms with Crippen LogP contribution in [0.2, 0.25) is 0 Å². The molecular weight excluding hydrogens is 246 g/mol. The van der Waals surface area contributed by atoms with Crippen molar-refractivity contribution in [2.75, 3.05) is 5.73 Å². The highest BCUT2D eigenvalue weighted by atomic mass is 16.3. The minimum Gasteiger partial charge on any atom is -0.508 e. The Balaban J connectivity index is 2.38. The monoisotopic (exact) mass is 269 g/mol. The van der Waals surface area contributed by atoms with E-state index in [1.165, 1.54) is 22.3 Å². The van der Waals surface area contributed by atoms with Crippen molar-refractivity contribution < 1.29 is 5.11 Å². The number of nitrogen functional groups attached to an aromatic ring is 1. The van der Waals surface area contributed by atoms with E-state index < -0.39 is 0 Å². The quantitative estimate of drug-likeness (QED) is 0.816. The van der Waals surface area contributed by atoms with Gasteiger partial charge in [-0.3, -0.25) is 0 Å². The van der Waals surface area contributed by atoms with Gasteiger partial charge in [0.2, 0.25) is 0 Å². The van der Waals surface area contributed by atoms with Crippen LogP contribution in [-0.4, -0.2) is 5.11 Å². The summed E-state index contributed by atoms with van der Waals surface area (Å²) < 4.78 is 0. The average molecular weight is 269 g/mol. The van der Waals surface area contributed by atoms with Crippen LogP contribution in [0.3, 0.4) is 0 Å². The first-order valence-corrected chi connectivity index (χ1v) is 7.06. The number of rotatable bonds is 3. The molecular formula is C18H23NO. The zero-order valence-electron chi connectivity index (χ0n) is 12.7. The van der Waals surface area contributed by atoms with Crippen molar-refractivity contribution in [3.63, 3.8) is 0 Å². The summed E-state index contributed by atoms with van der Waals surface area (Å²) in [5.41, 5.74) is 12.7. The number of phenols is 1. The van der Waals surface area contributed by atoms with Gasteiger partial charge in [-0.15, -0.1) is 0 Å². The molecule has 0 saturated heterocycles. The lowest BCUT2D eigenvalue weighted by atomic mass is 9.92. The predicted molar refractivity (Wildman–Crippen MR) is 85.3 cm³/mol. The van der Waals surface area contributed by atoms with Gasteiger partial charge in [0, 0.05) is 5.69 Å². The van der Waals surface area contributed by atoms with Crippen LogP contribution >= 0.6 is 0 Å². The Labute approximate surface area is 121 Å². The van der Waals surface area contributed by atoms with Crippen molar-refractivity contribution >= 4 is 5.69 Å². The first-order valence-electron chi connectivity index (χ1n) is 7.06. The summed E-state index contributed by atoms with van der Waals surface area (Å²) in [6.07, 6.45) is 0.873. The molecule has 0 amide bonds. The highest BCUT2D eigenvalue weighted by Crippen LogP contribution is 2.28. The van der Waals surface area contributed by atoms with E-state index in [0.29, 0.717) is 11.7 Å². The van der Waals surface area contributed by atoms with Gasteiger partial charge in [-0.05, 0) is 72.2 Å². The average Bonchev–Trinajstić information content (AvgIpc) is 2.35. The molecule has 106 valence electrons. The van der Waals surface area contributed by atoms with Gasteiger partial charge in [-0.2, -0.15) is 0 Å². The van der Waals surface area contributed by atoms with Crippen molar-refractivity contribution in [1.82, 2.24) is 0 Å². The van der Waals surface area contributed by atoms with E-state index in [1.807, 2.05) is 18.2 Å². The van der Waals surface area contributed by atoms with Crippen molar-refractivity contribution in [3.05, 3.63) is 58.1 Å². The number of anilines is 1. The topological polar surface area (TPSA) is 46.2 Å². The standard InChI is InChI=1S/C18H23NO/c1-11(2)16-9-14(5-6-18(16)20)10-17-12(3)7-15(19)8-13(17)4/h5-9,11,20H,10,19H2,1-4H3. The van der Waals surface area contributed by atoms with E-state index in [2.05, 4.69) is 33.8 Å². The van der Waals surface area contributed by atoms with Crippen LogP contribution in [0.5, 0.6) is 5.75 Å². The number of benzene rings is 2. The number of nitrogens with two attached hydrogens (primary N) is 1. The molecule has 3 N–H and O–H groups in total. The normalized spacial score (nSPS) is 11.1. The molecule has 2 rings (SSSR count). The summed E-state index contributed by atoms with van der Waals surface area (Å²) in [7, 11) is 0. The third-order valence-electron chi connectivity index (χ3n) is 3.81. The summed E-state index contributed by atoms with van der Waals surface area (Å²) >= 11 is 0. The van der Waals surface area contributed by atoms with Crippen LogP contribution in [0.25, 0.3) is 0 Å². The van der Waals surface area contributed by atoms with Crippen LogP contribution in [0.1, 0.15) is 47.6 Å². The molecule has 0 unspecified atom stereocenters. The minimum atomic E-state index is 0.323. The molecule has 0 atom stereocenters. The molecule has 0 spiro atoms. The molecule has 0 aliphatic heterocycles. The maximum Gasteiger partial charge on any atom is 0.119 e. The second-order valence-electron chi connectivity index (χ2n) is 5.86. The number of aryl methyl sites for hydroxylation is 2. The van der Waals surface area contributed by atoms with Crippen molar-refractivity contribution in [2.24, 2.45) is 0 Å². The lowest BCUT2D eigenvalue weighted by molar-refractivity contribution is 0.464. The van der Waals surface area contributed by atoms with Crippen LogP contribution in [0.4, 0.5) is 5.69 Å². The lowest BCUT2D eigenvalue weighted by Gasteiger charge is -2.14. The van der Waals surface area contributed by atoms with Gasteiger partial charge in [0.15, 0.2) is 0 Å². The first-order chi connectivity index (χ1) is 9.38. The van der Waals surface area contributed by atoms with Gasteiger partial charge in [-0.25, -0.2) is 0 Å². The molecule has 20 heavy (non-hydrogen) atoms. The summed E-state index contributed by atoms with van der Waals surface area (Å²) in [5, 5.41) is 9.90. The molecule has 2 aromatic carbocycles. The molecule has 2 aromatic rings. The van der Waals surface area contributed by atoms with E-state index in [1.54, 1.807) is 6.07 Å². The van der Waals surface area contributed by atoms with E-state index in [-0.39, 0.29) is 0 Å². The predicted octanol–water partition coefficient (Wildman–Crippen LogP) is 4.31. The Morgan fingerprint density at radius 2 is 1.65 bits per heavy atom.